The monoisotopic (exact) mass is 293 g/mol. The molecule has 1 rings (SSSR count). The zero-order valence-corrected chi connectivity index (χ0v) is 12.1. The van der Waals surface area contributed by atoms with Crippen molar-refractivity contribution < 1.29 is 13.2 Å². The minimum Gasteiger partial charge on any atom is -0.374 e. The molecule has 5 heteroatoms. The largest absolute Gasteiger partial charge is 0.418 e. The van der Waals surface area contributed by atoms with Gasteiger partial charge in [0, 0.05) is 25.2 Å². The van der Waals surface area contributed by atoms with Crippen LogP contribution in [0.3, 0.4) is 0 Å². The number of halogens is 4. The van der Waals surface area contributed by atoms with E-state index in [1.165, 1.54) is 6.07 Å². The van der Waals surface area contributed by atoms with E-state index < -0.39 is 11.7 Å². The van der Waals surface area contributed by atoms with Crippen LogP contribution >= 0.6 is 11.6 Å². The highest BCUT2D eigenvalue weighted by molar-refractivity contribution is 6.17. The number of hydrogen-bond acceptors (Lipinski definition) is 1. The van der Waals surface area contributed by atoms with Gasteiger partial charge in [-0.3, -0.25) is 0 Å². The highest BCUT2D eigenvalue weighted by Gasteiger charge is 2.34. The third-order valence-electron chi connectivity index (χ3n) is 2.97. The number of anilines is 1. The van der Waals surface area contributed by atoms with E-state index in [2.05, 4.69) is 13.8 Å². The van der Waals surface area contributed by atoms with E-state index in [1.807, 2.05) is 0 Å². The molecule has 108 valence electrons. The van der Waals surface area contributed by atoms with Gasteiger partial charge in [-0.05, 0) is 30.0 Å². The lowest BCUT2D eigenvalue weighted by Gasteiger charge is -2.24. The minimum atomic E-state index is -4.36. The van der Waals surface area contributed by atoms with E-state index in [-0.39, 0.29) is 11.6 Å². The Bertz CT molecular complexity index is 416. The van der Waals surface area contributed by atoms with Crippen LogP contribution in [0.15, 0.2) is 18.2 Å². The van der Waals surface area contributed by atoms with Crippen molar-refractivity contribution in [3.8, 4) is 0 Å². The highest BCUT2D eigenvalue weighted by atomic mass is 35.5. The summed E-state index contributed by atoms with van der Waals surface area (Å²) in [6.45, 7) is 4.70. The van der Waals surface area contributed by atoms with Crippen LogP contribution in [0.5, 0.6) is 0 Å². The second kappa shape index (κ2) is 6.51. The molecule has 0 aliphatic heterocycles. The molecule has 0 saturated heterocycles. The molecule has 0 unspecified atom stereocenters. The average molecular weight is 294 g/mol. The third-order valence-corrected chi connectivity index (χ3v) is 3.28. The molecule has 1 aromatic carbocycles. The first-order chi connectivity index (χ1) is 8.75. The molecule has 0 spiro atoms. The normalized spacial score (nSPS) is 12.0. The number of hydrogen-bond donors (Lipinski definition) is 0. The predicted octanol–water partition coefficient (Wildman–Crippen LogP) is 4.93. The van der Waals surface area contributed by atoms with Gasteiger partial charge in [-0.2, -0.15) is 13.2 Å². The third kappa shape index (κ3) is 4.60. The van der Waals surface area contributed by atoms with Crippen LogP contribution in [0.1, 0.15) is 31.4 Å². The molecule has 0 radical (unpaired) electrons. The lowest BCUT2D eigenvalue weighted by molar-refractivity contribution is -0.137. The van der Waals surface area contributed by atoms with E-state index in [0.29, 0.717) is 18.0 Å². The van der Waals surface area contributed by atoms with Gasteiger partial charge < -0.3 is 4.90 Å². The molecule has 0 fully saturated rings. The van der Waals surface area contributed by atoms with Gasteiger partial charge in [-0.25, -0.2) is 0 Å². The Morgan fingerprint density at radius 3 is 2.37 bits per heavy atom. The molecule has 1 nitrogen and oxygen atoms in total. The van der Waals surface area contributed by atoms with Crippen molar-refractivity contribution in [2.45, 2.75) is 32.3 Å². The van der Waals surface area contributed by atoms with Crippen LogP contribution in [0.2, 0.25) is 0 Å². The minimum absolute atomic E-state index is 0.0824. The molecular formula is C14H19ClF3N. The molecule has 0 heterocycles. The Hall–Kier alpha value is -0.900. The van der Waals surface area contributed by atoms with Crippen molar-refractivity contribution in [2.75, 3.05) is 18.5 Å². The zero-order chi connectivity index (χ0) is 14.6. The second-order valence-electron chi connectivity index (χ2n) is 5.09. The molecule has 0 aliphatic carbocycles. The molecule has 0 aromatic heterocycles. The topological polar surface area (TPSA) is 3.24 Å². The molecule has 0 aliphatic rings. The van der Waals surface area contributed by atoms with Crippen LogP contribution < -0.4 is 4.90 Å². The van der Waals surface area contributed by atoms with Crippen molar-refractivity contribution in [3.63, 3.8) is 0 Å². The van der Waals surface area contributed by atoms with Crippen LogP contribution in [0.25, 0.3) is 0 Å². The Kier molecular flexibility index (Phi) is 5.53. The number of nitrogens with zero attached hydrogens (tertiary/aromatic N) is 1. The van der Waals surface area contributed by atoms with Crippen LogP contribution in [-0.4, -0.2) is 13.6 Å². The Morgan fingerprint density at radius 1 is 1.26 bits per heavy atom. The van der Waals surface area contributed by atoms with Gasteiger partial charge in [-0.1, -0.05) is 19.9 Å². The summed E-state index contributed by atoms with van der Waals surface area (Å²) in [7, 11) is 1.69. The van der Waals surface area contributed by atoms with E-state index >= 15 is 0 Å². The molecule has 0 atom stereocenters. The van der Waals surface area contributed by atoms with Crippen molar-refractivity contribution >= 4 is 17.3 Å². The van der Waals surface area contributed by atoms with Gasteiger partial charge in [0.1, 0.15) is 0 Å². The number of rotatable bonds is 5. The number of alkyl halides is 4. The lowest BCUT2D eigenvalue weighted by atomic mass is 10.1. The molecule has 0 bridgehead atoms. The van der Waals surface area contributed by atoms with Gasteiger partial charge in [0.2, 0.25) is 0 Å². The standard InChI is InChI=1S/C14H19ClF3N/c1-10(2)6-7-19(3)13-5-4-11(9-15)8-12(13)14(16,17)18/h4-5,8,10H,6-7,9H2,1-3H3. The van der Waals surface area contributed by atoms with Crippen molar-refractivity contribution in [3.05, 3.63) is 29.3 Å². The van der Waals surface area contributed by atoms with E-state index in [4.69, 9.17) is 11.6 Å². The van der Waals surface area contributed by atoms with Crippen molar-refractivity contribution in [1.29, 1.82) is 0 Å². The summed E-state index contributed by atoms with van der Waals surface area (Å²) >= 11 is 5.60. The fourth-order valence-corrected chi connectivity index (χ4v) is 1.96. The van der Waals surface area contributed by atoms with E-state index in [0.717, 1.165) is 12.5 Å². The predicted molar refractivity (Wildman–Crippen MR) is 73.7 cm³/mol. The Balaban J connectivity index is 3.05. The van der Waals surface area contributed by atoms with E-state index in [9.17, 15) is 13.2 Å². The highest BCUT2D eigenvalue weighted by Crippen LogP contribution is 2.37. The first-order valence-electron chi connectivity index (χ1n) is 6.23. The molecule has 1 aromatic rings. The Labute approximate surface area is 117 Å². The molecule has 0 N–H and O–H groups in total. The summed E-state index contributed by atoms with van der Waals surface area (Å²) in [5.74, 6) is 0.540. The fraction of sp³-hybridized carbons (Fsp3) is 0.571. The summed E-state index contributed by atoms with van der Waals surface area (Å²) < 4.78 is 39.2. The van der Waals surface area contributed by atoms with Gasteiger partial charge in [0.05, 0.1) is 5.56 Å². The smallest absolute Gasteiger partial charge is 0.374 e. The molecule has 0 amide bonds. The molecular weight excluding hydrogens is 275 g/mol. The Morgan fingerprint density at radius 2 is 1.89 bits per heavy atom. The summed E-state index contributed by atoms with van der Waals surface area (Å²) in [6.07, 6.45) is -3.51. The molecule has 19 heavy (non-hydrogen) atoms. The summed E-state index contributed by atoms with van der Waals surface area (Å²) in [5, 5.41) is 0. The first kappa shape index (κ1) is 16.2. The quantitative estimate of drug-likeness (QED) is 0.696. The summed E-state index contributed by atoms with van der Waals surface area (Å²) in [6, 6.07) is 4.28. The van der Waals surface area contributed by atoms with Gasteiger partial charge in [-0.15, -0.1) is 11.6 Å². The number of benzene rings is 1. The first-order valence-corrected chi connectivity index (χ1v) is 6.76. The fourth-order valence-electron chi connectivity index (χ4n) is 1.80. The van der Waals surface area contributed by atoms with Gasteiger partial charge in [0.15, 0.2) is 0 Å². The maximum absolute atomic E-state index is 13.1. The van der Waals surface area contributed by atoms with Crippen molar-refractivity contribution in [1.82, 2.24) is 0 Å². The molecule has 0 saturated carbocycles. The summed E-state index contributed by atoms with van der Waals surface area (Å²) in [4.78, 5) is 1.65. The average Bonchev–Trinajstić information content (AvgIpc) is 2.34. The van der Waals surface area contributed by atoms with E-state index in [1.54, 1.807) is 18.0 Å². The second-order valence-corrected chi connectivity index (χ2v) is 5.35. The van der Waals surface area contributed by atoms with Crippen LogP contribution in [0, 0.1) is 5.92 Å². The van der Waals surface area contributed by atoms with Crippen LogP contribution in [-0.2, 0) is 12.1 Å². The van der Waals surface area contributed by atoms with Crippen molar-refractivity contribution in [2.24, 2.45) is 5.92 Å². The zero-order valence-electron chi connectivity index (χ0n) is 11.4. The maximum Gasteiger partial charge on any atom is 0.418 e. The lowest BCUT2D eigenvalue weighted by Crippen LogP contribution is -2.23. The van der Waals surface area contributed by atoms with Gasteiger partial charge >= 0.3 is 6.18 Å². The summed E-state index contributed by atoms with van der Waals surface area (Å²) in [5.41, 5.74) is 0.0777. The van der Waals surface area contributed by atoms with Crippen LogP contribution in [0.4, 0.5) is 18.9 Å². The van der Waals surface area contributed by atoms with Gasteiger partial charge in [0.25, 0.3) is 0 Å². The maximum atomic E-state index is 13.1. The SMILES string of the molecule is CC(C)CCN(C)c1ccc(CCl)cc1C(F)(F)F.